The van der Waals surface area contributed by atoms with Crippen LogP contribution in [0.1, 0.15) is 33.7 Å². The number of aldehydes is 1. The van der Waals surface area contributed by atoms with Gasteiger partial charge < -0.3 is 10.1 Å². The number of nitrogens with one attached hydrogen (secondary N) is 1. The molecule has 5 heteroatoms. The molecule has 0 aromatic carbocycles. The van der Waals surface area contributed by atoms with E-state index in [1.807, 2.05) is 0 Å². The van der Waals surface area contributed by atoms with Crippen molar-refractivity contribution < 1.29 is 14.3 Å². The van der Waals surface area contributed by atoms with E-state index in [4.69, 9.17) is 4.74 Å². The number of rotatable bonds is 4. The number of carbonyl (C=O) groups is 2. The molecule has 1 amide bonds. The Morgan fingerprint density at radius 2 is 2.38 bits per heavy atom. The monoisotopic (exact) mass is 220 g/mol. The van der Waals surface area contributed by atoms with Crippen molar-refractivity contribution in [2.45, 2.75) is 18.9 Å². The van der Waals surface area contributed by atoms with Gasteiger partial charge in [0.15, 0.2) is 6.29 Å². The summed E-state index contributed by atoms with van der Waals surface area (Å²) in [5.41, 5.74) is 0.628. The summed E-state index contributed by atoms with van der Waals surface area (Å²) in [6.45, 7) is 0. The van der Waals surface area contributed by atoms with Crippen LogP contribution in [0.5, 0.6) is 5.75 Å². The molecule has 1 saturated carbocycles. The molecule has 5 nitrogen and oxygen atoms in total. The van der Waals surface area contributed by atoms with Gasteiger partial charge in [-0.2, -0.15) is 0 Å². The SMILES string of the molecule is CNC(=O)c1cnc(C=O)cc1OC1CC1. The van der Waals surface area contributed by atoms with Crippen LogP contribution in [0.3, 0.4) is 0 Å². The van der Waals surface area contributed by atoms with Gasteiger partial charge in [0.1, 0.15) is 11.4 Å². The summed E-state index contributed by atoms with van der Waals surface area (Å²) in [5, 5.41) is 2.51. The van der Waals surface area contributed by atoms with E-state index in [-0.39, 0.29) is 17.7 Å². The fourth-order valence-corrected chi connectivity index (χ4v) is 1.28. The Balaban J connectivity index is 2.33. The molecule has 1 heterocycles. The molecule has 0 radical (unpaired) electrons. The summed E-state index contributed by atoms with van der Waals surface area (Å²) in [6.07, 6.45) is 4.15. The maximum atomic E-state index is 11.5. The highest BCUT2D eigenvalue weighted by molar-refractivity contribution is 5.97. The minimum atomic E-state index is -0.263. The molecule has 0 spiro atoms. The van der Waals surface area contributed by atoms with E-state index in [0.29, 0.717) is 17.6 Å². The van der Waals surface area contributed by atoms with Crippen LogP contribution in [0, 0.1) is 0 Å². The van der Waals surface area contributed by atoms with Crippen molar-refractivity contribution in [3.05, 3.63) is 23.5 Å². The van der Waals surface area contributed by atoms with E-state index in [9.17, 15) is 9.59 Å². The molecule has 1 N–H and O–H groups in total. The first-order valence-corrected chi connectivity index (χ1v) is 5.08. The third-order valence-electron chi connectivity index (χ3n) is 2.30. The molecule has 0 saturated heterocycles. The second kappa shape index (κ2) is 4.30. The number of aromatic nitrogens is 1. The summed E-state index contributed by atoms with van der Waals surface area (Å²) in [6, 6.07) is 1.50. The van der Waals surface area contributed by atoms with Crippen molar-refractivity contribution in [1.29, 1.82) is 0 Å². The molecular weight excluding hydrogens is 208 g/mol. The van der Waals surface area contributed by atoms with Gasteiger partial charge in [-0.15, -0.1) is 0 Å². The van der Waals surface area contributed by atoms with Crippen molar-refractivity contribution in [3.8, 4) is 5.75 Å². The second-order valence-corrected chi connectivity index (χ2v) is 3.62. The zero-order chi connectivity index (χ0) is 11.5. The lowest BCUT2D eigenvalue weighted by Gasteiger charge is -2.09. The number of ether oxygens (including phenoxy) is 1. The number of pyridine rings is 1. The summed E-state index contributed by atoms with van der Waals surface area (Å²) in [7, 11) is 1.54. The van der Waals surface area contributed by atoms with Crippen LogP contribution in [0.25, 0.3) is 0 Å². The van der Waals surface area contributed by atoms with Gasteiger partial charge in [-0.3, -0.25) is 14.6 Å². The third-order valence-corrected chi connectivity index (χ3v) is 2.30. The summed E-state index contributed by atoms with van der Waals surface area (Å²) >= 11 is 0. The third kappa shape index (κ3) is 2.18. The predicted octanol–water partition coefficient (Wildman–Crippen LogP) is 0.795. The summed E-state index contributed by atoms with van der Waals surface area (Å²) in [4.78, 5) is 26.0. The van der Waals surface area contributed by atoms with Crippen molar-refractivity contribution in [3.63, 3.8) is 0 Å². The quantitative estimate of drug-likeness (QED) is 0.762. The van der Waals surface area contributed by atoms with Crippen LogP contribution in [0.15, 0.2) is 12.3 Å². The Bertz CT molecular complexity index is 427. The zero-order valence-electron chi connectivity index (χ0n) is 8.90. The second-order valence-electron chi connectivity index (χ2n) is 3.62. The zero-order valence-corrected chi connectivity index (χ0v) is 8.90. The van der Waals surface area contributed by atoms with Crippen LogP contribution in [0.4, 0.5) is 0 Å². The molecule has 0 bridgehead atoms. The largest absolute Gasteiger partial charge is 0.489 e. The normalized spacial score (nSPS) is 14.3. The fraction of sp³-hybridized carbons (Fsp3) is 0.364. The Hall–Kier alpha value is -1.91. The maximum Gasteiger partial charge on any atom is 0.256 e. The van der Waals surface area contributed by atoms with Crippen molar-refractivity contribution in [2.75, 3.05) is 7.05 Å². The number of hydrogen-bond donors (Lipinski definition) is 1. The highest BCUT2D eigenvalue weighted by Crippen LogP contribution is 2.29. The van der Waals surface area contributed by atoms with Gasteiger partial charge in [-0.05, 0) is 12.8 Å². The molecule has 1 aromatic rings. The van der Waals surface area contributed by atoms with Gasteiger partial charge >= 0.3 is 0 Å². The number of nitrogens with zero attached hydrogens (tertiary/aromatic N) is 1. The molecule has 0 atom stereocenters. The standard InChI is InChI=1S/C11H12N2O3/c1-12-11(15)9-5-13-7(6-14)4-10(9)16-8-2-3-8/h4-6,8H,2-3H2,1H3,(H,12,15). The van der Waals surface area contributed by atoms with Gasteiger partial charge in [0, 0.05) is 19.3 Å². The lowest BCUT2D eigenvalue weighted by molar-refractivity contribution is 0.0957. The minimum absolute atomic E-state index is 0.172. The highest BCUT2D eigenvalue weighted by Gasteiger charge is 2.26. The molecule has 1 aliphatic rings. The van der Waals surface area contributed by atoms with Crippen molar-refractivity contribution in [2.24, 2.45) is 0 Å². The lowest BCUT2D eigenvalue weighted by atomic mass is 10.2. The number of carbonyl (C=O) groups excluding carboxylic acids is 2. The summed E-state index contributed by atoms with van der Waals surface area (Å²) < 4.78 is 5.56. The van der Waals surface area contributed by atoms with E-state index < -0.39 is 0 Å². The fourth-order valence-electron chi connectivity index (χ4n) is 1.28. The van der Waals surface area contributed by atoms with Gasteiger partial charge in [0.25, 0.3) is 5.91 Å². The first kappa shape index (κ1) is 10.6. The minimum Gasteiger partial charge on any atom is -0.489 e. The predicted molar refractivity (Wildman–Crippen MR) is 56.7 cm³/mol. The van der Waals surface area contributed by atoms with Gasteiger partial charge in [-0.25, -0.2) is 0 Å². The molecule has 16 heavy (non-hydrogen) atoms. The highest BCUT2D eigenvalue weighted by atomic mass is 16.5. The average Bonchev–Trinajstić information content (AvgIpc) is 3.12. The van der Waals surface area contributed by atoms with E-state index in [0.717, 1.165) is 12.8 Å². The topological polar surface area (TPSA) is 68.3 Å². The first-order chi connectivity index (χ1) is 7.74. The van der Waals surface area contributed by atoms with Crippen molar-refractivity contribution in [1.82, 2.24) is 10.3 Å². The van der Waals surface area contributed by atoms with Crippen LogP contribution in [0.2, 0.25) is 0 Å². The van der Waals surface area contributed by atoms with Gasteiger partial charge in [-0.1, -0.05) is 0 Å². The van der Waals surface area contributed by atoms with Crippen LogP contribution < -0.4 is 10.1 Å². The molecule has 1 fully saturated rings. The van der Waals surface area contributed by atoms with Crippen molar-refractivity contribution >= 4 is 12.2 Å². The average molecular weight is 220 g/mol. The molecule has 2 rings (SSSR count). The Labute approximate surface area is 92.8 Å². The molecule has 1 aromatic heterocycles. The van der Waals surface area contributed by atoms with Gasteiger partial charge in [0.05, 0.1) is 11.7 Å². The maximum absolute atomic E-state index is 11.5. The van der Waals surface area contributed by atoms with Crippen LogP contribution in [-0.2, 0) is 0 Å². The molecule has 0 unspecified atom stereocenters. The smallest absolute Gasteiger partial charge is 0.256 e. The number of hydrogen-bond acceptors (Lipinski definition) is 4. The molecule has 84 valence electrons. The molecule has 0 aliphatic heterocycles. The van der Waals surface area contributed by atoms with E-state index >= 15 is 0 Å². The molecular formula is C11H12N2O3. The molecule has 1 aliphatic carbocycles. The van der Waals surface area contributed by atoms with Crippen LogP contribution in [-0.4, -0.2) is 30.3 Å². The Kier molecular flexibility index (Phi) is 2.85. The van der Waals surface area contributed by atoms with Gasteiger partial charge in [0.2, 0.25) is 0 Å². The first-order valence-electron chi connectivity index (χ1n) is 5.08. The number of amides is 1. The Morgan fingerprint density at radius 1 is 1.62 bits per heavy atom. The summed E-state index contributed by atoms with van der Waals surface area (Å²) in [5.74, 6) is 0.166. The van der Waals surface area contributed by atoms with Crippen LogP contribution >= 0.6 is 0 Å². The lowest BCUT2D eigenvalue weighted by Crippen LogP contribution is -2.19. The van der Waals surface area contributed by atoms with E-state index in [1.54, 1.807) is 0 Å². The van der Waals surface area contributed by atoms with E-state index in [2.05, 4.69) is 10.3 Å². The Morgan fingerprint density at radius 3 is 2.94 bits per heavy atom. The van der Waals surface area contributed by atoms with E-state index in [1.165, 1.54) is 19.3 Å².